The first kappa shape index (κ1) is 34.9. The van der Waals surface area contributed by atoms with Crippen LogP contribution in [0, 0.1) is 35.5 Å². The number of amides is 1. The highest BCUT2D eigenvalue weighted by atomic mass is 32.1. The highest BCUT2D eigenvalue weighted by Gasteiger charge is 2.59. The lowest BCUT2D eigenvalue weighted by Gasteiger charge is -2.58. The van der Waals surface area contributed by atoms with Gasteiger partial charge >= 0.3 is 6.09 Å². The van der Waals surface area contributed by atoms with E-state index in [4.69, 9.17) is 4.74 Å². The Hall–Kier alpha value is -2.48. The van der Waals surface area contributed by atoms with E-state index in [1.807, 2.05) is 36.9 Å². The Morgan fingerprint density at radius 1 is 0.980 bits per heavy atom. The number of benzene rings is 1. The molecular weight excluding hydrogens is 631 g/mol. The minimum absolute atomic E-state index is 0.0139. The Labute approximate surface area is 297 Å². The van der Waals surface area contributed by atoms with Gasteiger partial charge in [-0.15, -0.1) is 11.3 Å². The SMILES string of the molecule is CCOC(=O)N(CC12CC3CC(CC(C3)C1)C2)CC1(O)CCC2c3ccc(cc3C(=O)c3ccc(C)s3)CC(O)CCC(C)=CCCC21C. The number of aryl methyl sites for hydroxylation is 1. The van der Waals surface area contributed by atoms with Crippen molar-refractivity contribution < 1.29 is 24.5 Å². The Morgan fingerprint density at radius 2 is 1.69 bits per heavy atom. The number of thiophene rings is 1. The van der Waals surface area contributed by atoms with Crippen LogP contribution in [0.15, 0.2) is 42.0 Å². The third-order valence-electron chi connectivity index (χ3n) is 13.6. The van der Waals surface area contributed by atoms with Gasteiger partial charge in [-0.3, -0.25) is 4.79 Å². The molecule has 1 heterocycles. The highest BCUT2D eigenvalue weighted by molar-refractivity contribution is 7.14. The van der Waals surface area contributed by atoms with Crippen LogP contribution in [0.5, 0.6) is 0 Å². The lowest BCUT2D eigenvalue weighted by molar-refractivity contribution is -0.103. The number of ether oxygens (including phenoxy) is 1. The molecule has 266 valence electrons. The first-order chi connectivity index (χ1) is 23.4. The molecule has 1 amide bonds. The summed E-state index contributed by atoms with van der Waals surface area (Å²) in [5.74, 6) is 2.26. The van der Waals surface area contributed by atoms with E-state index in [0.29, 0.717) is 38.0 Å². The molecule has 49 heavy (non-hydrogen) atoms. The molecule has 5 saturated carbocycles. The van der Waals surface area contributed by atoms with Crippen molar-refractivity contribution in [3.63, 3.8) is 0 Å². The number of rotatable bonds is 7. The van der Waals surface area contributed by atoms with Gasteiger partial charge in [0, 0.05) is 22.4 Å². The van der Waals surface area contributed by atoms with Crippen molar-refractivity contribution in [2.45, 2.75) is 129 Å². The molecule has 2 N–H and O–H groups in total. The van der Waals surface area contributed by atoms with Crippen LogP contribution in [-0.4, -0.2) is 58.4 Å². The second kappa shape index (κ2) is 13.6. The second-order valence-corrected chi connectivity index (χ2v) is 18.4. The molecule has 0 aliphatic heterocycles. The van der Waals surface area contributed by atoms with Crippen molar-refractivity contribution in [3.05, 3.63) is 68.4 Å². The molecule has 4 unspecified atom stereocenters. The largest absolute Gasteiger partial charge is 0.450 e. The van der Waals surface area contributed by atoms with Crippen molar-refractivity contribution in [1.29, 1.82) is 0 Å². The van der Waals surface area contributed by atoms with E-state index in [2.05, 4.69) is 32.1 Å². The van der Waals surface area contributed by atoms with Gasteiger partial charge in [0.15, 0.2) is 0 Å². The summed E-state index contributed by atoms with van der Waals surface area (Å²) in [5.41, 5.74) is 2.26. The lowest BCUT2D eigenvalue weighted by atomic mass is 9.49. The minimum atomic E-state index is -1.15. The highest BCUT2D eigenvalue weighted by Crippen LogP contribution is 2.62. The third-order valence-corrected chi connectivity index (χ3v) is 14.5. The van der Waals surface area contributed by atoms with Crippen LogP contribution >= 0.6 is 11.3 Å². The van der Waals surface area contributed by atoms with Crippen molar-refractivity contribution in [2.75, 3.05) is 19.7 Å². The third kappa shape index (κ3) is 6.81. The second-order valence-electron chi connectivity index (χ2n) is 17.2. The standard InChI is InChI=1S/C42H57NO5S/c1-5-48-39(46)43(25-41-22-30-17-31(23-41)19-32(18-30)24-41)26-42(47)16-14-36-34-12-10-29(21-35(34)38(45)37-13-9-28(3)49-37)20-33(44)11-8-27(2)7-6-15-40(36,42)4/h7,9-10,12-13,21,30-33,36,44,47H,5-6,8,11,14-20,22-26H2,1-4H3. The van der Waals surface area contributed by atoms with Gasteiger partial charge in [-0.05, 0) is 163 Å². The number of carbonyl (C=O) groups excluding carboxylic acids is 2. The van der Waals surface area contributed by atoms with E-state index in [-0.39, 0.29) is 29.8 Å². The van der Waals surface area contributed by atoms with Gasteiger partial charge in [-0.2, -0.15) is 0 Å². The summed E-state index contributed by atoms with van der Waals surface area (Å²) >= 11 is 1.52. The molecule has 0 radical (unpaired) electrons. The molecule has 9 rings (SSSR count). The van der Waals surface area contributed by atoms with Gasteiger partial charge in [-0.1, -0.05) is 30.7 Å². The lowest BCUT2D eigenvalue weighted by Crippen LogP contribution is -2.58. The summed E-state index contributed by atoms with van der Waals surface area (Å²) in [6, 6.07) is 10.1. The maximum absolute atomic E-state index is 14.3. The van der Waals surface area contributed by atoms with Gasteiger partial charge in [0.2, 0.25) is 5.78 Å². The molecule has 6 nitrogen and oxygen atoms in total. The predicted octanol–water partition coefficient (Wildman–Crippen LogP) is 9.00. The molecule has 1 aromatic heterocycles. The van der Waals surface area contributed by atoms with Crippen LogP contribution in [0.3, 0.4) is 0 Å². The van der Waals surface area contributed by atoms with E-state index in [1.165, 1.54) is 55.4 Å². The minimum Gasteiger partial charge on any atom is -0.450 e. The monoisotopic (exact) mass is 687 g/mol. The Balaban J connectivity index is 1.26. The molecule has 5 fully saturated rings. The number of hydrogen-bond acceptors (Lipinski definition) is 6. The zero-order valence-corrected chi connectivity index (χ0v) is 31.0. The quantitative estimate of drug-likeness (QED) is 0.224. The van der Waals surface area contributed by atoms with Crippen molar-refractivity contribution in [1.82, 2.24) is 4.90 Å². The number of nitrogens with zero attached hydrogens (tertiary/aromatic N) is 1. The van der Waals surface area contributed by atoms with Gasteiger partial charge in [-0.25, -0.2) is 4.79 Å². The van der Waals surface area contributed by atoms with Gasteiger partial charge in [0.05, 0.1) is 29.7 Å². The zero-order chi connectivity index (χ0) is 34.6. The molecule has 2 aromatic rings. The maximum Gasteiger partial charge on any atom is 0.409 e. The van der Waals surface area contributed by atoms with Crippen LogP contribution in [0.4, 0.5) is 4.79 Å². The summed E-state index contributed by atoms with van der Waals surface area (Å²) in [7, 11) is 0. The van der Waals surface area contributed by atoms with Crippen LogP contribution < -0.4 is 0 Å². The summed E-state index contributed by atoms with van der Waals surface area (Å²) in [4.78, 5) is 31.8. The number of ketones is 1. The average molecular weight is 688 g/mol. The molecule has 4 atom stereocenters. The summed E-state index contributed by atoms with van der Waals surface area (Å²) in [5, 5.41) is 24.0. The van der Waals surface area contributed by atoms with Crippen LogP contribution in [0.25, 0.3) is 0 Å². The van der Waals surface area contributed by atoms with Crippen LogP contribution in [-0.2, 0) is 11.2 Å². The molecule has 0 saturated heterocycles. The summed E-state index contributed by atoms with van der Waals surface area (Å²) < 4.78 is 5.72. The molecular formula is C42H57NO5S. The van der Waals surface area contributed by atoms with Crippen LogP contribution in [0.1, 0.15) is 135 Å². The Bertz CT molecular complexity index is 1560. The van der Waals surface area contributed by atoms with E-state index >= 15 is 0 Å². The van der Waals surface area contributed by atoms with E-state index in [0.717, 1.165) is 64.3 Å². The van der Waals surface area contributed by atoms with E-state index < -0.39 is 17.1 Å². The Kier molecular flexibility index (Phi) is 9.68. The maximum atomic E-state index is 14.3. The van der Waals surface area contributed by atoms with Crippen molar-refractivity contribution >= 4 is 23.2 Å². The summed E-state index contributed by atoms with van der Waals surface area (Å²) in [6.07, 6.45) is 13.9. The normalized spacial score (nSPS) is 35.5. The van der Waals surface area contributed by atoms with E-state index in [1.54, 1.807) is 0 Å². The zero-order valence-electron chi connectivity index (χ0n) is 30.1. The van der Waals surface area contributed by atoms with Crippen LogP contribution in [0.2, 0.25) is 0 Å². The molecule has 7 aliphatic carbocycles. The fourth-order valence-electron chi connectivity index (χ4n) is 11.5. The van der Waals surface area contributed by atoms with Crippen molar-refractivity contribution in [2.24, 2.45) is 28.6 Å². The van der Waals surface area contributed by atoms with Crippen molar-refractivity contribution in [3.8, 4) is 0 Å². The van der Waals surface area contributed by atoms with Gasteiger partial charge < -0.3 is 19.8 Å². The number of carbonyl (C=O) groups is 2. The molecule has 7 aliphatic rings. The smallest absolute Gasteiger partial charge is 0.409 e. The number of aliphatic hydroxyl groups excluding tert-OH is 1. The number of aliphatic hydroxyl groups is 2. The average Bonchev–Trinajstić information content (AvgIpc) is 3.58. The van der Waals surface area contributed by atoms with Gasteiger partial charge in [0.1, 0.15) is 0 Å². The molecule has 0 spiro atoms. The van der Waals surface area contributed by atoms with E-state index in [9.17, 15) is 19.8 Å². The topological polar surface area (TPSA) is 87.1 Å². The number of fused-ring (bicyclic) bond motifs is 8. The fraction of sp³-hybridized carbons (Fsp3) is 0.667. The predicted molar refractivity (Wildman–Crippen MR) is 195 cm³/mol. The number of hydrogen-bond donors (Lipinski definition) is 2. The molecule has 7 heteroatoms. The number of allylic oxidation sites excluding steroid dienone is 2. The first-order valence-corrected chi connectivity index (χ1v) is 19.9. The molecule has 1 aromatic carbocycles. The molecule has 6 bridgehead atoms. The first-order valence-electron chi connectivity index (χ1n) is 19.1. The Morgan fingerprint density at radius 3 is 2.35 bits per heavy atom. The summed E-state index contributed by atoms with van der Waals surface area (Å²) in [6.45, 7) is 9.47. The van der Waals surface area contributed by atoms with Gasteiger partial charge in [0.25, 0.3) is 0 Å². The fourth-order valence-corrected chi connectivity index (χ4v) is 12.3.